The zero-order valence-electron chi connectivity index (χ0n) is 21.4. The third-order valence-electron chi connectivity index (χ3n) is 6.38. The van der Waals surface area contributed by atoms with Crippen LogP contribution in [0.4, 0.5) is 0 Å². The van der Waals surface area contributed by atoms with Gasteiger partial charge in [0.15, 0.2) is 0 Å². The normalized spacial score (nSPS) is 14.7. The van der Waals surface area contributed by atoms with Crippen molar-refractivity contribution >= 4 is 23.4 Å². The second kappa shape index (κ2) is 12.0. The van der Waals surface area contributed by atoms with Crippen molar-refractivity contribution in [3.05, 3.63) is 89.3 Å². The Labute approximate surface area is 210 Å². The number of nitrogens with one attached hydrogen (secondary N) is 1. The predicted octanol–water partition coefficient (Wildman–Crippen LogP) is 8.19. The van der Waals surface area contributed by atoms with Gasteiger partial charge in [-0.1, -0.05) is 69.3 Å². The number of aryl methyl sites for hydroxylation is 1. The van der Waals surface area contributed by atoms with Crippen molar-refractivity contribution in [1.29, 1.82) is 0 Å². The molecule has 2 heterocycles. The lowest BCUT2D eigenvalue weighted by molar-refractivity contribution is 0.773. The number of rotatable bonds is 7. The van der Waals surface area contributed by atoms with Gasteiger partial charge in [0, 0.05) is 28.9 Å². The Kier molecular flexibility index (Phi) is 9.12. The van der Waals surface area contributed by atoms with Crippen molar-refractivity contribution in [2.75, 3.05) is 6.54 Å². The van der Waals surface area contributed by atoms with Crippen molar-refractivity contribution in [3.8, 4) is 11.1 Å². The molecule has 0 amide bonds. The number of nitrogens with zero attached hydrogens (tertiary/aromatic N) is 2. The number of benzene rings is 2. The maximum Gasteiger partial charge on any atom is 0.0801 e. The molecule has 0 saturated heterocycles. The smallest absolute Gasteiger partial charge is 0.0801 e. The van der Waals surface area contributed by atoms with E-state index in [-0.39, 0.29) is 0 Å². The third kappa shape index (κ3) is 6.38. The molecule has 4 heteroatoms. The van der Waals surface area contributed by atoms with E-state index in [0.717, 1.165) is 30.8 Å². The van der Waals surface area contributed by atoms with Crippen molar-refractivity contribution in [3.63, 3.8) is 0 Å². The molecule has 2 aromatic carbocycles. The third-order valence-corrected chi connectivity index (χ3v) is 7.31. The lowest BCUT2D eigenvalue weighted by atomic mass is 9.94. The van der Waals surface area contributed by atoms with Crippen LogP contribution >= 0.6 is 11.9 Å². The summed E-state index contributed by atoms with van der Waals surface area (Å²) in [6.07, 6.45) is 5.93. The largest absolute Gasteiger partial charge is 0.327 e. The predicted molar refractivity (Wildman–Crippen MR) is 151 cm³/mol. The summed E-state index contributed by atoms with van der Waals surface area (Å²) in [5, 5.41) is 0. The quantitative estimate of drug-likeness (QED) is 0.326. The summed E-state index contributed by atoms with van der Waals surface area (Å²) < 4.78 is 3.54. The number of allylic oxidation sites excluding steroid dienone is 3. The summed E-state index contributed by atoms with van der Waals surface area (Å²) >= 11 is 1.68. The van der Waals surface area contributed by atoms with Gasteiger partial charge in [0.1, 0.15) is 0 Å². The Balaban J connectivity index is 0.000000481. The highest BCUT2D eigenvalue weighted by Gasteiger charge is 2.15. The Hall–Kier alpha value is -2.85. The second-order valence-electron chi connectivity index (χ2n) is 9.10. The van der Waals surface area contributed by atoms with E-state index >= 15 is 0 Å². The molecule has 2 aliphatic rings. The molecule has 1 N–H and O–H groups in total. The van der Waals surface area contributed by atoms with Crippen LogP contribution < -0.4 is 4.72 Å². The van der Waals surface area contributed by atoms with E-state index in [1.807, 2.05) is 13.1 Å². The minimum absolute atomic E-state index is 0.657. The lowest BCUT2D eigenvalue weighted by Gasteiger charge is -2.15. The average Bonchev–Trinajstić information content (AvgIpc) is 3.49. The molecule has 178 valence electrons. The molecular weight excluding hydrogens is 434 g/mol. The molecule has 0 radical (unpaired) electrons. The molecule has 0 aliphatic carbocycles. The molecule has 2 aromatic rings. The van der Waals surface area contributed by atoms with Gasteiger partial charge in [-0.15, -0.1) is 0 Å². The van der Waals surface area contributed by atoms with Gasteiger partial charge in [-0.3, -0.25) is 9.98 Å². The highest BCUT2D eigenvalue weighted by Crippen LogP contribution is 2.34. The van der Waals surface area contributed by atoms with Crippen molar-refractivity contribution in [1.82, 2.24) is 4.72 Å². The number of hydrogen-bond donors (Lipinski definition) is 1. The fraction of sp³-hybridized carbons (Fsp3) is 0.333. The van der Waals surface area contributed by atoms with Gasteiger partial charge < -0.3 is 4.72 Å². The second-order valence-corrected chi connectivity index (χ2v) is 9.94. The molecule has 0 bridgehead atoms. The molecule has 0 aromatic heterocycles. The molecule has 0 fully saturated rings. The van der Waals surface area contributed by atoms with Crippen molar-refractivity contribution < 1.29 is 0 Å². The molecule has 34 heavy (non-hydrogen) atoms. The van der Waals surface area contributed by atoms with E-state index in [1.54, 1.807) is 11.9 Å². The fourth-order valence-corrected chi connectivity index (χ4v) is 4.42. The highest BCUT2D eigenvalue weighted by molar-refractivity contribution is 7.97. The van der Waals surface area contributed by atoms with Crippen LogP contribution in [0.15, 0.2) is 93.0 Å². The first kappa shape index (κ1) is 25.8. The Bertz CT molecular complexity index is 1170. The van der Waals surface area contributed by atoms with Crippen LogP contribution in [0.5, 0.6) is 0 Å². The molecule has 3 nitrogen and oxygen atoms in total. The first-order chi connectivity index (χ1) is 16.3. The topological polar surface area (TPSA) is 36.8 Å². The van der Waals surface area contributed by atoms with E-state index in [4.69, 9.17) is 0 Å². The zero-order chi connectivity index (χ0) is 24.7. The van der Waals surface area contributed by atoms with Gasteiger partial charge in [-0.05, 0) is 85.0 Å². The zero-order valence-corrected chi connectivity index (χ0v) is 22.2. The van der Waals surface area contributed by atoms with Gasteiger partial charge >= 0.3 is 0 Å². The Morgan fingerprint density at radius 2 is 1.85 bits per heavy atom. The van der Waals surface area contributed by atoms with Crippen LogP contribution in [0, 0.1) is 5.92 Å². The SMILES string of the molecule is C=C(C)C(C)C.CCc1cc(C2=NC=CC2)ccc1-c1ccccc1SNC1=C(C)C(C)=NC1. The van der Waals surface area contributed by atoms with Crippen LogP contribution in [-0.2, 0) is 6.42 Å². The first-order valence-electron chi connectivity index (χ1n) is 12.1. The lowest BCUT2D eigenvalue weighted by Crippen LogP contribution is -2.07. The van der Waals surface area contributed by atoms with E-state index < -0.39 is 0 Å². The van der Waals surface area contributed by atoms with Gasteiger partial charge in [0.05, 0.1) is 12.3 Å². The van der Waals surface area contributed by atoms with Crippen molar-refractivity contribution in [2.45, 2.75) is 59.3 Å². The average molecular weight is 472 g/mol. The number of hydrogen-bond acceptors (Lipinski definition) is 4. The molecule has 0 spiro atoms. The summed E-state index contributed by atoms with van der Waals surface area (Å²) in [7, 11) is 0. The molecule has 4 rings (SSSR count). The minimum atomic E-state index is 0.657. The Morgan fingerprint density at radius 1 is 1.12 bits per heavy atom. The van der Waals surface area contributed by atoms with Gasteiger partial charge in [0.2, 0.25) is 0 Å². The van der Waals surface area contributed by atoms with E-state index in [9.17, 15) is 0 Å². The summed E-state index contributed by atoms with van der Waals surface area (Å²) in [6.45, 7) is 17.3. The van der Waals surface area contributed by atoms with Crippen LogP contribution in [0.2, 0.25) is 0 Å². The molecule has 0 unspecified atom stereocenters. The summed E-state index contributed by atoms with van der Waals surface area (Å²) in [5.74, 6) is 0.657. The summed E-state index contributed by atoms with van der Waals surface area (Å²) in [5.41, 5.74) is 11.2. The number of aliphatic imine (C=N–C) groups is 2. The van der Waals surface area contributed by atoms with Gasteiger partial charge in [0.25, 0.3) is 0 Å². The van der Waals surface area contributed by atoms with Crippen LogP contribution in [0.1, 0.15) is 59.1 Å². The maximum absolute atomic E-state index is 4.52. The minimum Gasteiger partial charge on any atom is -0.327 e. The van der Waals surface area contributed by atoms with Gasteiger partial charge in [-0.2, -0.15) is 0 Å². The summed E-state index contributed by atoms with van der Waals surface area (Å²) in [4.78, 5) is 10.2. The van der Waals surface area contributed by atoms with Crippen LogP contribution in [0.3, 0.4) is 0 Å². The summed E-state index contributed by atoms with van der Waals surface area (Å²) in [6, 6.07) is 15.4. The highest BCUT2D eigenvalue weighted by atomic mass is 32.2. The van der Waals surface area contributed by atoms with Gasteiger partial charge in [-0.25, -0.2) is 0 Å². The standard InChI is InChI=1S/C24H25N3S.C6H12/c1-4-18-14-19(22-9-7-13-25-22)11-12-20(18)21-8-5-6-10-24(21)28-27-23-15-26-17(3)16(23)2;1-5(2)6(3)4/h5-8,10-14,27H,4,9,15H2,1-3H3;6H,1H2,2-4H3. The maximum atomic E-state index is 4.52. The molecule has 0 saturated carbocycles. The first-order valence-corrected chi connectivity index (χ1v) is 12.9. The molecule has 0 atom stereocenters. The molecule has 2 aliphatic heterocycles. The fourth-order valence-electron chi connectivity index (χ4n) is 3.54. The van der Waals surface area contributed by atoms with Crippen LogP contribution in [0.25, 0.3) is 11.1 Å². The monoisotopic (exact) mass is 471 g/mol. The Morgan fingerprint density at radius 3 is 2.44 bits per heavy atom. The van der Waals surface area contributed by atoms with Crippen LogP contribution in [-0.4, -0.2) is 18.0 Å². The van der Waals surface area contributed by atoms with Crippen molar-refractivity contribution in [2.24, 2.45) is 15.9 Å². The van der Waals surface area contributed by atoms with E-state index in [2.05, 4.69) is 104 Å². The van der Waals surface area contributed by atoms with E-state index in [0.29, 0.717) is 5.92 Å². The molecular formula is C30H37N3S. The van der Waals surface area contributed by atoms with E-state index in [1.165, 1.54) is 44.0 Å².